The van der Waals surface area contributed by atoms with Gasteiger partial charge in [0.1, 0.15) is 5.70 Å². The van der Waals surface area contributed by atoms with Gasteiger partial charge in [-0.25, -0.2) is 0 Å². The Labute approximate surface area is 158 Å². The van der Waals surface area contributed by atoms with Crippen molar-refractivity contribution >= 4 is 35.2 Å². The lowest BCUT2D eigenvalue weighted by Crippen LogP contribution is -2.34. The highest BCUT2D eigenvalue weighted by Crippen LogP contribution is 2.17. The number of nitrogens with zero attached hydrogens (tertiary/aromatic N) is 1. The van der Waals surface area contributed by atoms with Crippen molar-refractivity contribution in [1.29, 1.82) is 0 Å². The van der Waals surface area contributed by atoms with E-state index in [-0.39, 0.29) is 11.6 Å². The molecule has 0 fully saturated rings. The molecule has 5 nitrogen and oxygen atoms in total. The van der Waals surface area contributed by atoms with Crippen molar-refractivity contribution < 1.29 is 9.59 Å². The summed E-state index contributed by atoms with van der Waals surface area (Å²) < 4.78 is 0. The predicted molar refractivity (Wildman–Crippen MR) is 106 cm³/mol. The first kappa shape index (κ1) is 19.5. The molecule has 0 atom stereocenters. The minimum atomic E-state index is -0.432. The second kappa shape index (κ2) is 9.06. The average molecular weight is 372 g/mol. The normalized spacial score (nSPS) is 11.0. The molecular formula is C20H22ClN3O2. The van der Waals surface area contributed by atoms with Gasteiger partial charge in [0.05, 0.1) is 10.6 Å². The standard InChI is InChI=1S/C20H22ClN3O2/c1-4-22-20(26)18(13-14-9-11-15(12-10-14)24(2)3)23-19(25)16-7-5-6-8-17(16)21/h5-13H,4H2,1-3H3,(H,22,26)(H,23,25). The summed E-state index contributed by atoms with van der Waals surface area (Å²) in [4.78, 5) is 26.8. The van der Waals surface area contributed by atoms with Crippen LogP contribution in [0.25, 0.3) is 6.08 Å². The maximum atomic E-state index is 12.5. The summed E-state index contributed by atoms with van der Waals surface area (Å²) in [7, 11) is 3.91. The second-order valence-corrected chi connectivity index (χ2v) is 6.24. The van der Waals surface area contributed by atoms with E-state index in [1.54, 1.807) is 30.3 Å². The number of halogens is 1. The van der Waals surface area contributed by atoms with Gasteiger partial charge in [-0.15, -0.1) is 0 Å². The fourth-order valence-electron chi connectivity index (χ4n) is 2.28. The Hall–Kier alpha value is -2.79. The van der Waals surface area contributed by atoms with E-state index in [9.17, 15) is 9.59 Å². The third-order valence-corrected chi connectivity index (χ3v) is 4.00. The molecule has 0 aliphatic carbocycles. The molecule has 0 radical (unpaired) electrons. The highest BCUT2D eigenvalue weighted by molar-refractivity contribution is 6.34. The van der Waals surface area contributed by atoms with Crippen molar-refractivity contribution in [3.8, 4) is 0 Å². The summed E-state index contributed by atoms with van der Waals surface area (Å²) in [6.07, 6.45) is 1.64. The van der Waals surface area contributed by atoms with Crippen LogP contribution in [-0.2, 0) is 4.79 Å². The lowest BCUT2D eigenvalue weighted by atomic mass is 10.1. The Morgan fingerprint density at radius 3 is 2.31 bits per heavy atom. The summed E-state index contributed by atoms with van der Waals surface area (Å²) in [5, 5.41) is 5.69. The van der Waals surface area contributed by atoms with Crippen molar-refractivity contribution in [2.75, 3.05) is 25.5 Å². The number of benzene rings is 2. The highest BCUT2D eigenvalue weighted by Gasteiger charge is 2.15. The first-order valence-electron chi connectivity index (χ1n) is 8.25. The zero-order valence-electron chi connectivity index (χ0n) is 15.0. The molecule has 2 N–H and O–H groups in total. The Bertz CT molecular complexity index is 814. The number of carbonyl (C=O) groups excluding carboxylic acids is 2. The predicted octanol–water partition coefficient (Wildman–Crippen LogP) is 3.31. The van der Waals surface area contributed by atoms with Crippen molar-refractivity contribution in [1.82, 2.24) is 10.6 Å². The van der Waals surface area contributed by atoms with Gasteiger partial charge in [0, 0.05) is 26.3 Å². The molecule has 0 saturated carbocycles. The van der Waals surface area contributed by atoms with E-state index < -0.39 is 5.91 Å². The molecule has 2 aromatic carbocycles. The second-order valence-electron chi connectivity index (χ2n) is 5.84. The smallest absolute Gasteiger partial charge is 0.267 e. The molecular weight excluding hydrogens is 350 g/mol. The number of hydrogen-bond donors (Lipinski definition) is 2. The van der Waals surface area contributed by atoms with E-state index in [2.05, 4.69) is 10.6 Å². The molecule has 0 saturated heterocycles. The number of rotatable bonds is 6. The fraction of sp³-hybridized carbons (Fsp3) is 0.200. The van der Waals surface area contributed by atoms with Gasteiger partial charge in [0.25, 0.3) is 11.8 Å². The number of carbonyl (C=O) groups is 2. The highest BCUT2D eigenvalue weighted by atomic mass is 35.5. The monoisotopic (exact) mass is 371 g/mol. The molecule has 2 rings (SSSR count). The lowest BCUT2D eigenvalue weighted by Gasteiger charge is -2.13. The maximum Gasteiger partial charge on any atom is 0.267 e. The summed E-state index contributed by atoms with van der Waals surface area (Å²) in [5.41, 5.74) is 2.32. The molecule has 136 valence electrons. The van der Waals surface area contributed by atoms with Gasteiger partial charge >= 0.3 is 0 Å². The molecule has 6 heteroatoms. The van der Waals surface area contributed by atoms with E-state index in [4.69, 9.17) is 11.6 Å². The molecule has 0 aliphatic heterocycles. The van der Waals surface area contributed by atoms with Gasteiger partial charge in [-0.3, -0.25) is 9.59 Å². The van der Waals surface area contributed by atoms with Gasteiger partial charge in [-0.05, 0) is 42.8 Å². The van der Waals surface area contributed by atoms with Crippen LogP contribution in [0.4, 0.5) is 5.69 Å². The van der Waals surface area contributed by atoms with Crippen LogP contribution >= 0.6 is 11.6 Å². The van der Waals surface area contributed by atoms with Crippen LogP contribution < -0.4 is 15.5 Å². The van der Waals surface area contributed by atoms with E-state index in [1.807, 2.05) is 50.2 Å². The summed E-state index contributed by atoms with van der Waals surface area (Å²) in [6.45, 7) is 2.27. The lowest BCUT2D eigenvalue weighted by molar-refractivity contribution is -0.117. The molecule has 2 amide bonds. The molecule has 26 heavy (non-hydrogen) atoms. The van der Waals surface area contributed by atoms with Crippen LogP contribution in [0.3, 0.4) is 0 Å². The molecule has 0 unspecified atom stereocenters. The van der Waals surface area contributed by atoms with Crippen LogP contribution in [0.5, 0.6) is 0 Å². The van der Waals surface area contributed by atoms with Gasteiger partial charge in [-0.2, -0.15) is 0 Å². The maximum absolute atomic E-state index is 12.5. The first-order valence-corrected chi connectivity index (χ1v) is 8.63. The Kier molecular flexibility index (Phi) is 6.81. The van der Waals surface area contributed by atoms with E-state index in [1.165, 1.54) is 0 Å². The van der Waals surface area contributed by atoms with Crippen LogP contribution in [-0.4, -0.2) is 32.5 Å². The van der Waals surface area contributed by atoms with E-state index in [0.717, 1.165) is 11.3 Å². The zero-order chi connectivity index (χ0) is 19.1. The summed E-state index contributed by atoms with van der Waals surface area (Å²) >= 11 is 6.07. The minimum absolute atomic E-state index is 0.161. The average Bonchev–Trinajstić information content (AvgIpc) is 2.62. The van der Waals surface area contributed by atoms with Crippen LogP contribution in [0.2, 0.25) is 5.02 Å². The van der Waals surface area contributed by atoms with E-state index >= 15 is 0 Å². The third kappa shape index (κ3) is 5.10. The topological polar surface area (TPSA) is 61.4 Å². The molecule has 0 aliphatic rings. The van der Waals surface area contributed by atoms with Gasteiger partial charge in [0.2, 0.25) is 0 Å². The molecule has 0 spiro atoms. The summed E-state index contributed by atoms with van der Waals surface area (Å²) in [6, 6.07) is 14.4. The van der Waals surface area contributed by atoms with Gasteiger partial charge < -0.3 is 15.5 Å². The van der Waals surface area contributed by atoms with E-state index in [0.29, 0.717) is 17.1 Å². The first-order chi connectivity index (χ1) is 12.4. The SMILES string of the molecule is CCNC(=O)C(=Cc1ccc(N(C)C)cc1)NC(=O)c1ccccc1Cl. The van der Waals surface area contributed by atoms with Gasteiger partial charge in [-0.1, -0.05) is 35.9 Å². The van der Waals surface area contributed by atoms with Crippen LogP contribution in [0, 0.1) is 0 Å². The Morgan fingerprint density at radius 1 is 1.08 bits per heavy atom. The number of hydrogen-bond acceptors (Lipinski definition) is 3. The molecule has 0 bridgehead atoms. The Balaban J connectivity index is 2.29. The summed E-state index contributed by atoms with van der Waals surface area (Å²) in [5.74, 6) is -0.789. The fourth-order valence-corrected chi connectivity index (χ4v) is 2.51. The van der Waals surface area contributed by atoms with Crippen molar-refractivity contribution in [3.63, 3.8) is 0 Å². The minimum Gasteiger partial charge on any atom is -0.378 e. The zero-order valence-corrected chi connectivity index (χ0v) is 15.8. The van der Waals surface area contributed by atoms with Crippen molar-refractivity contribution in [3.05, 3.63) is 70.4 Å². The quantitative estimate of drug-likeness (QED) is 0.766. The van der Waals surface area contributed by atoms with Crippen LogP contribution in [0.15, 0.2) is 54.2 Å². The van der Waals surface area contributed by atoms with Gasteiger partial charge in [0.15, 0.2) is 0 Å². The number of likely N-dealkylation sites (N-methyl/N-ethyl adjacent to an activating group) is 1. The largest absolute Gasteiger partial charge is 0.378 e. The molecule has 0 aromatic heterocycles. The molecule has 0 heterocycles. The Morgan fingerprint density at radius 2 is 1.73 bits per heavy atom. The number of amides is 2. The third-order valence-electron chi connectivity index (χ3n) is 3.67. The van der Waals surface area contributed by atoms with Crippen molar-refractivity contribution in [2.45, 2.75) is 6.92 Å². The van der Waals surface area contributed by atoms with Crippen LogP contribution in [0.1, 0.15) is 22.8 Å². The number of anilines is 1. The number of nitrogens with one attached hydrogen (secondary N) is 2. The van der Waals surface area contributed by atoms with Crippen molar-refractivity contribution in [2.24, 2.45) is 0 Å². The molecule has 2 aromatic rings.